The zero-order valence-corrected chi connectivity index (χ0v) is 15.9. The van der Waals surface area contributed by atoms with Crippen LogP contribution in [0.4, 0.5) is 0 Å². The Morgan fingerprint density at radius 3 is 2.59 bits per heavy atom. The molecule has 0 saturated carbocycles. The molecular formula is C22H26N2O3. The molecule has 0 radical (unpaired) electrons. The summed E-state index contributed by atoms with van der Waals surface area (Å²) in [5, 5.41) is 0. The zero-order valence-electron chi connectivity index (χ0n) is 15.9. The summed E-state index contributed by atoms with van der Waals surface area (Å²) in [5.41, 5.74) is 3.60. The van der Waals surface area contributed by atoms with Gasteiger partial charge in [-0.15, -0.1) is 0 Å². The third-order valence-corrected chi connectivity index (χ3v) is 3.97. The predicted molar refractivity (Wildman–Crippen MR) is 106 cm³/mol. The van der Waals surface area contributed by atoms with Gasteiger partial charge in [-0.25, -0.2) is 0 Å². The van der Waals surface area contributed by atoms with Crippen LogP contribution < -0.4 is 0 Å². The molecule has 0 aliphatic carbocycles. The minimum Gasteiger partial charge on any atom is -0.464 e. The maximum Gasteiger partial charge on any atom is 0.313 e. The number of esters is 1. The molecule has 0 spiro atoms. The molecule has 5 nitrogen and oxygen atoms in total. The summed E-state index contributed by atoms with van der Waals surface area (Å²) in [5.74, 6) is -0.638. The van der Waals surface area contributed by atoms with E-state index in [0.717, 1.165) is 18.5 Å². The van der Waals surface area contributed by atoms with Crippen LogP contribution in [0.3, 0.4) is 0 Å². The van der Waals surface area contributed by atoms with Gasteiger partial charge in [-0.1, -0.05) is 42.5 Å². The molecule has 0 fully saturated rings. The molecule has 1 aromatic carbocycles. The van der Waals surface area contributed by atoms with Gasteiger partial charge in [-0.05, 0) is 43.1 Å². The highest BCUT2D eigenvalue weighted by atomic mass is 16.5. The molecule has 0 amide bonds. The molecule has 0 unspecified atom stereocenters. The molecule has 5 heteroatoms. The average Bonchev–Trinajstić information content (AvgIpc) is 2.63. The number of Topliss-reactive ketones (excluding diaryl/α,β-unsaturated/α-hetero) is 1. The van der Waals surface area contributed by atoms with Gasteiger partial charge in [-0.3, -0.25) is 19.5 Å². The van der Waals surface area contributed by atoms with Gasteiger partial charge >= 0.3 is 5.97 Å². The number of carbonyl (C=O) groups excluding carboxylic acids is 2. The van der Waals surface area contributed by atoms with Crippen LogP contribution in [0.15, 0.2) is 54.9 Å². The Morgan fingerprint density at radius 1 is 1.15 bits per heavy atom. The molecule has 0 atom stereocenters. The fourth-order valence-corrected chi connectivity index (χ4v) is 2.51. The van der Waals surface area contributed by atoms with Crippen LogP contribution in [-0.2, 0) is 20.7 Å². The third-order valence-electron chi connectivity index (χ3n) is 3.97. The number of hydrogen-bond acceptors (Lipinski definition) is 5. The van der Waals surface area contributed by atoms with E-state index in [4.69, 9.17) is 4.74 Å². The van der Waals surface area contributed by atoms with Crippen LogP contribution in [0.25, 0.3) is 6.08 Å². The van der Waals surface area contributed by atoms with Crippen LogP contribution in [0.1, 0.15) is 30.0 Å². The number of benzene rings is 1. The Kier molecular flexibility index (Phi) is 8.39. The van der Waals surface area contributed by atoms with E-state index < -0.39 is 5.97 Å². The quantitative estimate of drug-likeness (QED) is 0.478. The van der Waals surface area contributed by atoms with Gasteiger partial charge in [0.05, 0.1) is 0 Å². The highest BCUT2D eigenvalue weighted by molar-refractivity contribution is 5.94. The molecule has 0 aliphatic heterocycles. The van der Waals surface area contributed by atoms with E-state index in [1.807, 2.05) is 24.2 Å². The molecule has 0 saturated heterocycles. The lowest BCUT2D eigenvalue weighted by atomic mass is 10.0. The second-order valence-corrected chi connectivity index (χ2v) is 6.54. The number of hydrogen-bond donors (Lipinski definition) is 0. The first-order chi connectivity index (χ1) is 13.0. The van der Waals surface area contributed by atoms with Gasteiger partial charge in [0.2, 0.25) is 0 Å². The molecule has 1 aromatic heterocycles. The van der Waals surface area contributed by atoms with Crippen molar-refractivity contribution in [2.75, 3.05) is 26.7 Å². The van der Waals surface area contributed by atoms with Crippen molar-refractivity contribution in [2.45, 2.75) is 19.8 Å². The first kappa shape index (κ1) is 20.5. The van der Waals surface area contributed by atoms with Crippen molar-refractivity contribution >= 4 is 17.8 Å². The fraction of sp³-hybridized carbons (Fsp3) is 0.318. The van der Waals surface area contributed by atoms with Gasteiger partial charge in [0, 0.05) is 25.5 Å². The van der Waals surface area contributed by atoms with E-state index in [0.29, 0.717) is 13.2 Å². The largest absolute Gasteiger partial charge is 0.464 e. The van der Waals surface area contributed by atoms with Crippen LogP contribution in [-0.4, -0.2) is 48.4 Å². The van der Waals surface area contributed by atoms with E-state index >= 15 is 0 Å². The first-order valence-corrected chi connectivity index (χ1v) is 9.01. The number of aromatic nitrogens is 1. The highest BCUT2D eigenvalue weighted by Gasteiger charge is 2.06. The second-order valence-electron chi connectivity index (χ2n) is 6.54. The number of ketones is 1. The molecule has 0 N–H and O–H groups in total. The van der Waals surface area contributed by atoms with Gasteiger partial charge < -0.3 is 4.74 Å². The average molecular weight is 366 g/mol. The van der Waals surface area contributed by atoms with Crippen LogP contribution in [0.5, 0.6) is 0 Å². The zero-order chi connectivity index (χ0) is 19.5. The molecular weight excluding hydrogens is 340 g/mol. The summed E-state index contributed by atoms with van der Waals surface area (Å²) >= 11 is 0. The van der Waals surface area contributed by atoms with E-state index in [9.17, 15) is 9.59 Å². The molecule has 0 bridgehead atoms. The lowest BCUT2D eigenvalue weighted by molar-refractivity contribution is -0.145. The molecule has 27 heavy (non-hydrogen) atoms. The van der Waals surface area contributed by atoms with Crippen molar-refractivity contribution in [1.82, 2.24) is 9.88 Å². The van der Waals surface area contributed by atoms with Crippen molar-refractivity contribution in [3.05, 3.63) is 71.6 Å². The minimum atomic E-state index is -0.460. The number of rotatable bonds is 10. The normalized spacial score (nSPS) is 11.1. The summed E-state index contributed by atoms with van der Waals surface area (Å²) in [4.78, 5) is 28.3. The Bertz CT molecular complexity index is 755. The van der Waals surface area contributed by atoms with Crippen molar-refractivity contribution in [2.24, 2.45) is 0 Å². The van der Waals surface area contributed by atoms with Crippen LogP contribution in [0, 0.1) is 0 Å². The first-order valence-electron chi connectivity index (χ1n) is 9.01. The summed E-state index contributed by atoms with van der Waals surface area (Å²) < 4.78 is 5.02. The van der Waals surface area contributed by atoms with Crippen molar-refractivity contribution in [1.29, 1.82) is 0 Å². The maximum absolute atomic E-state index is 11.3. The Balaban J connectivity index is 1.71. The Labute approximate surface area is 160 Å². The highest BCUT2D eigenvalue weighted by Crippen LogP contribution is 2.11. The Hall–Kier alpha value is -2.79. The number of nitrogens with zero attached hydrogens (tertiary/aromatic N) is 2. The van der Waals surface area contributed by atoms with E-state index in [2.05, 4.69) is 47.5 Å². The van der Waals surface area contributed by atoms with Crippen LogP contribution in [0.2, 0.25) is 0 Å². The van der Waals surface area contributed by atoms with Gasteiger partial charge in [0.25, 0.3) is 0 Å². The predicted octanol–water partition coefficient (Wildman–Crippen LogP) is 3.14. The molecule has 1 heterocycles. The van der Waals surface area contributed by atoms with Crippen molar-refractivity contribution in [3.8, 4) is 0 Å². The van der Waals surface area contributed by atoms with Gasteiger partial charge in [0.15, 0.2) is 0 Å². The standard InChI is InChI=1S/C22H26N2O3/c1-18(25)15-22(26)27-14-13-24(2)12-4-6-19-7-9-20(10-8-19)16-21-5-3-11-23-17-21/h3-11,17H,12-16H2,1-2H3/b6-4+. The number of ether oxygens (including phenoxy) is 1. The molecule has 2 rings (SSSR count). The minimum absolute atomic E-state index is 0.152. The van der Waals surface area contributed by atoms with Crippen molar-refractivity contribution < 1.29 is 14.3 Å². The summed E-state index contributed by atoms with van der Waals surface area (Å²) in [7, 11) is 1.96. The maximum atomic E-state index is 11.3. The van der Waals surface area contributed by atoms with E-state index in [1.54, 1.807) is 6.20 Å². The second kappa shape index (κ2) is 11.0. The SMILES string of the molecule is CC(=O)CC(=O)OCCN(C)C/C=C/c1ccc(Cc2cccnc2)cc1. The lowest BCUT2D eigenvalue weighted by Gasteiger charge is -2.14. The summed E-state index contributed by atoms with van der Waals surface area (Å²) in [6.45, 7) is 3.04. The van der Waals surface area contributed by atoms with Gasteiger partial charge in [-0.2, -0.15) is 0 Å². The number of likely N-dealkylation sites (N-methyl/N-ethyl adjacent to an activating group) is 1. The van der Waals surface area contributed by atoms with E-state index in [1.165, 1.54) is 18.1 Å². The van der Waals surface area contributed by atoms with Gasteiger partial charge in [0.1, 0.15) is 18.8 Å². The summed E-state index contributed by atoms with van der Waals surface area (Å²) in [6, 6.07) is 12.5. The summed E-state index contributed by atoms with van der Waals surface area (Å²) in [6.07, 6.45) is 8.55. The smallest absolute Gasteiger partial charge is 0.313 e. The van der Waals surface area contributed by atoms with Crippen molar-refractivity contribution in [3.63, 3.8) is 0 Å². The number of pyridine rings is 1. The molecule has 2 aromatic rings. The topological polar surface area (TPSA) is 59.5 Å². The fourth-order valence-electron chi connectivity index (χ4n) is 2.51. The Morgan fingerprint density at radius 2 is 1.93 bits per heavy atom. The lowest BCUT2D eigenvalue weighted by Crippen LogP contribution is -2.24. The van der Waals surface area contributed by atoms with E-state index in [-0.39, 0.29) is 12.2 Å². The third kappa shape index (κ3) is 8.42. The number of carbonyl (C=O) groups is 2. The molecule has 142 valence electrons. The monoisotopic (exact) mass is 366 g/mol. The molecule has 0 aliphatic rings. The van der Waals surface area contributed by atoms with Crippen LogP contribution >= 0.6 is 0 Å².